The molecule has 0 unspecified atom stereocenters. The van der Waals surface area contributed by atoms with Gasteiger partial charge in [-0.1, -0.05) is 0 Å². The van der Waals surface area contributed by atoms with Crippen molar-refractivity contribution in [2.45, 2.75) is 18.9 Å². The van der Waals surface area contributed by atoms with E-state index >= 15 is 0 Å². The van der Waals surface area contributed by atoms with E-state index in [2.05, 4.69) is 5.32 Å². The van der Waals surface area contributed by atoms with Crippen LogP contribution in [0.3, 0.4) is 0 Å². The van der Waals surface area contributed by atoms with E-state index < -0.39 is 9.84 Å². The number of carbonyl (C=O) groups is 1. The van der Waals surface area contributed by atoms with Gasteiger partial charge >= 0.3 is 0 Å². The standard InChI is InChI=1S/C14H16N2O4S/c15-9-11-1-3-13(4-2-11)20-10-14(17)16-12-5-7-21(18,19)8-6-12/h1-4,12H,5-8,10H2,(H,16,17). The molecule has 0 saturated carbocycles. The lowest BCUT2D eigenvalue weighted by Crippen LogP contribution is -2.42. The van der Waals surface area contributed by atoms with Gasteiger partial charge in [0.2, 0.25) is 0 Å². The van der Waals surface area contributed by atoms with Crippen LogP contribution in [-0.2, 0) is 14.6 Å². The summed E-state index contributed by atoms with van der Waals surface area (Å²) in [7, 11) is -2.92. The Kier molecular flexibility index (Phi) is 4.81. The zero-order valence-corrected chi connectivity index (χ0v) is 12.2. The molecule has 1 aromatic rings. The normalized spacial score (nSPS) is 17.7. The van der Waals surface area contributed by atoms with Crippen LogP contribution in [0, 0.1) is 11.3 Å². The Hall–Kier alpha value is -2.07. The number of nitrogens with zero attached hydrogens (tertiary/aromatic N) is 1. The Bertz CT molecular complexity index is 633. The Morgan fingerprint density at radius 3 is 2.48 bits per heavy atom. The van der Waals surface area contributed by atoms with Gasteiger partial charge < -0.3 is 10.1 Å². The number of ether oxygens (including phenoxy) is 1. The molecule has 0 bridgehead atoms. The Balaban J connectivity index is 1.76. The molecule has 1 amide bonds. The summed E-state index contributed by atoms with van der Waals surface area (Å²) in [5.41, 5.74) is 0.523. The summed E-state index contributed by atoms with van der Waals surface area (Å²) in [6, 6.07) is 8.36. The van der Waals surface area contributed by atoms with E-state index in [-0.39, 0.29) is 30.1 Å². The Morgan fingerprint density at radius 2 is 1.90 bits per heavy atom. The van der Waals surface area contributed by atoms with Crippen LogP contribution in [0.25, 0.3) is 0 Å². The lowest BCUT2D eigenvalue weighted by Gasteiger charge is -2.22. The van der Waals surface area contributed by atoms with Crippen LogP contribution in [-0.4, -0.2) is 38.5 Å². The summed E-state index contributed by atoms with van der Waals surface area (Å²) in [5, 5.41) is 11.4. The van der Waals surface area contributed by atoms with Crippen molar-refractivity contribution in [3.63, 3.8) is 0 Å². The fourth-order valence-corrected chi connectivity index (χ4v) is 3.57. The van der Waals surface area contributed by atoms with E-state index in [0.29, 0.717) is 24.2 Å². The van der Waals surface area contributed by atoms with Crippen LogP contribution in [0.15, 0.2) is 24.3 Å². The fourth-order valence-electron chi connectivity index (χ4n) is 2.08. The molecule has 6 nitrogen and oxygen atoms in total. The Morgan fingerprint density at radius 1 is 1.29 bits per heavy atom. The number of hydrogen-bond donors (Lipinski definition) is 1. The second-order valence-corrected chi connectivity index (χ2v) is 7.22. The van der Waals surface area contributed by atoms with Crippen molar-refractivity contribution in [2.24, 2.45) is 0 Å². The first-order chi connectivity index (χ1) is 9.98. The van der Waals surface area contributed by atoms with E-state index in [9.17, 15) is 13.2 Å². The van der Waals surface area contributed by atoms with Gasteiger partial charge in [-0.05, 0) is 37.1 Å². The van der Waals surface area contributed by atoms with Crippen molar-refractivity contribution in [2.75, 3.05) is 18.1 Å². The van der Waals surface area contributed by atoms with Crippen LogP contribution < -0.4 is 10.1 Å². The number of sulfone groups is 1. The number of benzene rings is 1. The molecule has 112 valence electrons. The minimum atomic E-state index is -2.92. The fraction of sp³-hybridized carbons (Fsp3) is 0.429. The highest BCUT2D eigenvalue weighted by atomic mass is 32.2. The maximum absolute atomic E-state index is 11.7. The van der Waals surface area contributed by atoms with Gasteiger partial charge in [0.05, 0.1) is 23.1 Å². The number of carbonyl (C=O) groups excluding carboxylic acids is 1. The maximum Gasteiger partial charge on any atom is 0.258 e. The number of rotatable bonds is 4. The lowest BCUT2D eigenvalue weighted by atomic mass is 10.1. The van der Waals surface area contributed by atoms with Gasteiger partial charge in [-0.25, -0.2) is 8.42 Å². The third kappa shape index (κ3) is 4.76. The number of nitrogens with one attached hydrogen (secondary N) is 1. The molecule has 1 saturated heterocycles. The summed E-state index contributed by atoms with van der Waals surface area (Å²) < 4.78 is 27.9. The molecular weight excluding hydrogens is 292 g/mol. The molecule has 0 atom stereocenters. The summed E-state index contributed by atoms with van der Waals surface area (Å²) >= 11 is 0. The SMILES string of the molecule is N#Cc1ccc(OCC(=O)NC2CCS(=O)(=O)CC2)cc1. The van der Waals surface area contributed by atoms with Gasteiger partial charge in [-0.3, -0.25) is 4.79 Å². The molecule has 2 rings (SSSR count). The summed E-state index contributed by atoms with van der Waals surface area (Å²) in [6.07, 6.45) is 0.899. The smallest absolute Gasteiger partial charge is 0.258 e. The van der Waals surface area contributed by atoms with Gasteiger partial charge in [0, 0.05) is 6.04 Å². The third-order valence-corrected chi connectivity index (χ3v) is 4.99. The van der Waals surface area contributed by atoms with Crippen LogP contribution in [0.5, 0.6) is 5.75 Å². The maximum atomic E-state index is 11.7. The first-order valence-corrected chi connectivity index (χ1v) is 8.43. The average Bonchev–Trinajstić information content (AvgIpc) is 2.48. The minimum absolute atomic E-state index is 0.106. The van der Waals surface area contributed by atoms with Crippen molar-refractivity contribution in [1.29, 1.82) is 5.26 Å². The molecule has 0 aliphatic carbocycles. The molecule has 0 spiro atoms. The molecule has 1 N–H and O–H groups in total. The largest absolute Gasteiger partial charge is 0.484 e. The van der Waals surface area contributed by atoms with Crippen LogP contribution in [0.1, 0.15) is 18.4 Å². The topological polar surface area (TPSA) is 96.3 Å². The Labute approximate surface area is 123 Å². The molecule has 1 aliphatic rings. The van der Waals surface area contributed by atoms with E-state index in [1.54, 1.807) is 24.3 Å². The predicted molar refractivity (Wildman–Crippen MR) is 76.5 cm³/mol. The second kappa shape index (κ2) is 6.59. The summed E-state index contributed by atoms with van der Waals surface area (Å²) in [4.78, 5) is 11.7. The monoisotopic (exact) mass is 308 g/mol. The highest BCUT2D eigenvalue weighted by molar-refractivity contribution is 7.91. The number of nitriles is 1. The van der Waals surface area contributed by atoms with Crippen molar-refractivity contribution >= 4 is 15.7 Å². The molecule has 0 aromatic heterocycles. The van der Waals surface area contributed by atoms with Crippen LogP contribution in [0.4, 0.5) is 0 Å². The van der Waals surface area contributed by atoms with E-state index in [4.69, 9.17) is 10.00 Å². The van der Waals surface area contributed by atoms with E-state index in [1.807, 2.05) is 6.07 Å². The predicted octanol–water partition coefficient (Wildman–Crippen LogP) is 0.630. The zero-order chi connectivity index (χ0) is 15.3. The first kappa shape index (κ1) is 15.3. The van der Waals surface area contributed by atoms with Gasteiger partial charge in [-0.15, -0.1) is 0 Å². The third-order valence-electron chi connectivity index (χ3n) is 3.27. The van der Waals surface area contributed by atoms with Gasteiger partial charge in [0.15, 0.2) is 6.61 Å². The van der Waals surface area contributed by atoms with E-state index in [0.717, 1.165) is 0 Å². The number of amides is 1. The number of hydrogen-bond acceptors (Lipinski definition) is 5. The van der Waals surface area contributed by atoms with Crippen LogP contribution >= 0.6 is 0 Å². The molecule has 1 aromatic carbocycles. The summed E-state index contributed by atoms with van der Waals surface area (Å²) in [6.45, 7) is -0.130. The quantitative estimate of drug-likeness (QED) is 0.880. The van der Waals surface area contributed by atoms with Gasteiger partial charge in [0.1, 0.15) is 15.6 Å². The minimum Gasteiger partial charge on any atom is -0.484 e. The van der Waals surface area contributed by atoms with Crippen molar-refractivity contribution in [3.05, 3.63) is 29.8 Å². The lowest BCUT2D eigenvalue weighted by molar-refractivity contribution is -0.123. The molecular formula is C14H16N2O4S. The van der Waals surface area contributed by atoms with Crippen molar-refractivity contribution in [1.82, 2.24) is 5.32 Å². The molecule has 0 radical (unpaired) electrons. The van der Waals surface area contributed by atoms with Crippen LogP contribution in [0.2, 0.25) is 0 Å². The van der Waals surface area contributed by atoms with Gasteiger partial charge in [0.25, 0.3) is 5.91 Å². The molecule has 1 fully saturated rings. The van der Waals surface area contributed by atoms with Crippen molar-refractivity contribution < 1.29 is 17.9 Å². The zero-order valence-electron chi connectivity index (χ0n) is 11.4. The summed E-state index contributed by atoms with van der Waals surface area (Å²) in [5.74, 6) is 0.474. The highest BCUT2D eigenvalue weighted by Crippen LogP contribution is 2.13. The second-order valence-electron chi connectivity index (χ2n) is 4.92. The average molecular weight is 308 g/mol. The highest BCUT2D eigenvalue weighted by Gasteiger charge is 2.24. The molecule has 7 heteroatoms. The first-order valence-electron chi connectivity index (χ1n) is 6.61. The molecule has 1 heterocycles. The van der Waals surface area contributed by atoms with E-state index in [1.165, 1.54) is 0 Å². The molecule has 21 heavy (non-hydrogen) atoms. The van der Waals surface area contributed by atoms with Crippen molar-refractivity contribution in [3.8, 4) is 11.8 Å². The molecule has 1 aliphatic heterocycles. The van der Waals surface area contributed by atoms with Gasteiger partial charge in [-0.2, -0.15) is 5.26 Å².